The van der Waals surface area contributed by atoms with Crippen molar-refractivity contribution in [2.24, 2.45) is 0 Å². The maximum atomic E-state index is 10.7. The average Bonchev–Trinajstić information content (AvgIpc) is 3.24. The standard InChI is InChI=1S/C45H81NO16.2Na/c1-2-3-4-5-6-7-8-9-40-10-12-41(13-11-40)14-16-52-18-20-54-22-24-56-26-28-58-30-32-60-34-36-62-37-35-61-33-31-59-29-27-57-25-23-55-21-19-53-17-15-43(47)46-42(38-44(48)49)39-45(50)51;;/h10-13,42-43,46-47H,2-9,14-39H2,1H3,(H,48,49)(H,50,51);;/q;2*+1/p-2. The maximum Gasteiger partial charge on any atom is 1.00 e. The molecule has 0 aliphatic rings. The van der Waals surface area contributed by atoms with E-state index < -0.39 is 37.0 Å². The molecule has 0 aliphatic heterocycles. The molecule has 1 aromatic rings. The molecule has 0 aliphatic carbocycles. The smallest absolute Gasteiger partial charge is 0.550 e. The number of ether oxygens (including phenoxy) is 11. The first kappa shape index (κ1) is 65.7. The summed E-state index contributed by atoms with van der Waals surface area (Å²) >= 11 is 0. The zero-order chi connectivity index (χ0) is 44.8. The third-order valence-electron chi connectivity index (χ3n) is 9.14. The van der Waals surface area contributed by atoms with Gasteiger partial charge in [0, 0.05) is 37.2 Å². The molecule has 1 rings (SSSR count). The average molecular weight is 936 g/mol. The van der Waals surface area contributed by atoms with Gasteiger partial charge in [-0.15, -0.1) is 0 Å². The summed E-state index contributed by atoms with van der Waals surface area (Å²) in [5.74, 6) is -2.85. The van der Waals surface area contributed by atoms with Gasteiger partial charge in [-0.05, 0) is 30.4 Å². The van der Waals surface area contributed by atoms with Crippen LogP contribution in [-0.2, 0) is 74.5 Å². The Morgan fingerprint density at radius 1 is 0.453 bits per heavy atom. The number of benzene rings is 1. The maximum absolute atomic E-state index is 10.7. The van der Waals surface area contributed by atoms with Gasteiger partial charge in [-0.3, -0.25) is 5.32 Å². The Morgan fingerprint density at radius 2 is 0.734 bits per heavy atom. The van der Waals surface area contributed by atoms with Crippen LogP contribution >= 0.6 is 0 Å². The van der Waals surface area contributed by atoms with E-state index in [0.29, 0.717) is 132 Å². The van der Waals surface area contributed by atoms with Gasteiger partial charge in [0.1, 0.15) is 6.23 Å². The molecule has 0 bridgehead atoms. The molecule has 19 heteroatoms. The van der Waals surface area contributed by atoms with Crippen molar-refractivity contribution in [3.8, 4) is 0 Å². The molecular weight excluding hydrogens is 856 g/mol. The second-order valence-electron chi connectivity index (χ2n) is 14.5. The Morgan fingerprint density at radius 3 is 1.06 bits per heavy atom. The number of aryl methyl sites for hydroxylation is 1. The minimum Gasteiger partial charge on any atom is -0.550 e. The summed E-state index contributed by atoms with van der Waals surface area (Å²) in [6, 6.07) is 7.99. The predicted octanol–water partition coefficient (Wildman–Crippen LogP) is -4.34. The third kappa shape index (κ3) is 48.1. The number of hydrogen-bond acceptors (Lipinski definition) is 17. The van der Waals surface area contributed by atoms with Crippen LogP contribution in [0.25, 0.3) is 0 Å². The van der Waals surface area contributed by atoms with Crippen LogP contribution in [0, 0.1) is 0 Å². The molecule has 0 radical (unpaired) electrons. The van der Waals surface area contributed by atoms with Crippen molar-refractivity contribution in [1.29, 1.82) is 0 Å². The first-order chi connectivity index (χ1) is 30.4. The van der Waals surface area contributed by atoms with Gasteiger partial charge < -0.3 is 77.0 Å². The van der Waals surface area contributed by atoms with E-state index in [1.165, 1.54) is 62.5 Å². The van der Waals surface area contributed by atoms with E-state index in [0.717, 1.165) is 6.42 Å². The molecule has 1 unspecified atom stereocenters. The molecule has 0 heterocycles. The second-order valence-corrected chi connectivity index (χ2v) is 14.5. The van der Waals surface area contributed by atoms with Crippen molar-refractivity contribution in [3.63, 3.8) is 0 Å². The van der Waals surface area contributed by atoms with Crippen LogP contribution in [0.15, 0.2) is 24.3 Å². The van der Waals surface area contributed by atoms with Gasteiger partial charge in [0.05, 0.1) is 145 Å². The van der Waals surface area contributed by atoms with Crippen LogP contribution < -0.4 is 74.6 Å². The van der Waals surface area contributed by atoms with Crippen molar-refractivity contribution in [2.75, 3.05) is 145 Å². The fourth-order valence-corrected chi connectivity index (χ4v) is 5.79. The monoisotopic (exact) mass is 936 g/mol. The van der Waals surface area contributed by atoms with E-state index >= 15 is 0 Å². The van der Waals surface area contributed by atoms with E-state index in [4.69, 9.17) is 52.1 Å². The SMILES string of the molecule is CCCCCCCCCc1ccc(CCOCCOCCOCCOCCOCCOCCOCCOCCOCCOCCOCCC(O)NC(CC(=O)[O-])CC(=O)[O-])cc1.[Na+].[Na+]. The fourth-order valence-electron chi connectivity index (χ4n) is 5.79. The fraction of sp³-hybridized carbons (Fsp3) is 0.822. The van der Waals surface area contributed by atoms with Crippen molar-refractivity contribution < 1.29 is 136 Å². The van der Waals surface area contributed by atoms with Crippen LogP contribution in [0.5, 0.6) is 0 Å². The van der Waals surface area contributed by atoms with E-state index in [2.05, 4.69) is 36.5 Å². The Kier molecular flexibility index (Phi) is 53.4. The first-order valence-corrected chi connectivity index (χ1v) is 22.7. The molecule has 64 heavy (non-hydrogen) atoms. The number of carboxylic acid groups (broad SMARTS) is 2. The number of aliphatic carboxylic acids is 2. The van der Waals surface area contributed by atoms with Crippen molar-refractivity contribution in [2.45, 2.75) is 96.2 Å². The molecule has 0 spiro atoms. The van der Waals surface area contributed by atoms with E-state index in [1.807, 2.05) is 0 Å². The molecular formula is C45H79NNa2O16. The summed E-state index contributed by atoms with van der Waals surface area (Å²) in [6.45, 7) is 12.3. The Hall–Kier alpha value is -0.360. The minimum absolute atomic E-state index is 0. The van der Waals surface area contributed by atoms with Gasteiger partial charge in [0.2, 0.25) is 0 Å². The summed E-state index contributed by atoms with van der Waals surface area (Å²) in [5.41, 5.74) is 2.74. The number of carbonyl (C=O) groups excluding carboxylic acids is 2. The number of unbranched alkanes of at least 4 members (excludes halogenated alkanes) is 6. The van der Waals surface area contributed by atoms with Gasteiger partial charge in [-0.1, -0.05) is 69.7 Å². The number of aliphatic hydroxyl groups is 1. The Labute approximate surface area is 427 Å². The largest absolute Gasteiger partial charge is 1.00 e. The number of hydrogen-bond donors (Lipinski definition) is 2. The van der Waals surface area contributed by atoms with Crippen LogP contribution in [0.4, 0.5) is 0 Å². The topological polar surface area (TPSA) is 214 Å². The van der Waals surface area contributed by atoms with Gasteiger partial charge >= 0.3 is 59.1 Å². The van der Waals surface area contributed by atoms with E-state index in [-0.39, 0.29) is 78.7 Å². The predicted molar refractivity (Wildman–Crippen MR) is 228 cm³/mol. The summed E-state index contributed by atoms with van der Waals surface area (Å²) in [5, 5.41) is 33.8. The molecule has 0 aromatic heterocycles. The molecule has 1 atom stereocenters. The van der Waals surface area contributed by atoms with E-state index in [9.17, 15) is 24.9 Å². The molecule has 2 N–H and O–H groups in total. The van der Waals surface area contributed by atoms with Gasteiger partial charge in [-0.25, -0.2) is 0 Å². The van der Waals surface area contributed by atoms with Gasteiger partial charge in [-0.2, -0.15) is 0 Å². The first-order valence-electron chi connectivity index (χ1n) is 22.7. The number of aliphatic hydroxyl groups excluding tert-OH is 1. The Balaban J connectivity index is 0. The number of carboxylic acids is 2. The van der Waals surface area contributed by atoms with Gasteiger partial charge in [0.15, 0.2) is 0 Å². The van der Waals surface area contributed by atoms with E-state index in [1.54, 1.807) is 0 Å². The van der Waals surface area contributed by atoms with Crippen LogP contribution in [0.1, 0.15) is 82.3 Å². The summed E-state index contributed by atoms with van der Waals surface area (Å²) < 4.78 is 60.5. The molecule has 0 fully saturated rings. The zero-order valence-corrected chi connectivity index (χ0v) is 43.6. The second kappa shape index (κ2) is 52.0. The third-order valence-corrected chi connectivity index (χ3v) is 9.14. The minimum atomic E-state index is -1.42. The van der Waals surface area contributed by atoms with Crippen molar-refractivity contribution >= 4 is 11.9 Å². The summed E-state index contributed by atoms with van der Waals surface area (Å²) in [7, 11) is 0. The number of rotatable bonds is 50. The van der Waals surface area contributed by atoms with Crippen LogP contribution in [-0.4, -0.2) is 175 Å². The van der Waals surface area contributed by atoms with Gasteiger partial charge in [0.25, 0.3) is 0 Å². The summed E-state index contributed by atoms with van der Waals surface area (Å²) in [6.07, 6.45) is 9.39. The zero-order valence-electron chi connectivity index (χ0n) is 39.6. The van der Waals surface area contributed by atoms with Crippen molar-refractivity contribution in [1.82, 2.24) is 5.32 Å². The number of carbonyl (C=O) groups is 2. The quantitative estimate of drug-likeness (QED) is 0.0359. The Bertz CT molecular complexity index is 1110. The summed E-state index contributed by atoms with van der Waals surface area (Å²) in [4.78, 5) is 21.4. The van der Waals surface area contributed by atoms with Crippen LogP contribution in [0.3, 0.4) is 0 Å². The number of nitrogens with one attached hydrogen (secondary N) is 1. The normalized spacial score (nSPS) is 11.7. The molecule has 1 aromatic carbocycles. The molecule has 0 saturated heterocycles. The van der Waals surface area contributed by atoms with Crippen molar-refractivity contribution in [3.05, 3.63) is 35.4 Å². The molecule has 0 saturated carbocycles. The molecule has 17 nitrogen and oxygen atoms in total. The van der Waals surface area contributed by atoms with Crippen LogP contribution in [0.2, 0.25) is 0 Å². The molecule has 0 amide bonds. The molecule has 362 valence electrons.